The van der Waals surface area contributed by atoms with Gasteiger partial charge in [0, 0.05) is 18.3 Å². The van der Waals surface area contributed by atoms with Gasteiger partial charge in [0.1, 0.15) is 18.9 Å². The van der Waals surface area contributed by atoms with E-state index in [1.54, 1.807) is 0 Å². The van der Waals surface area contributed by atoms with E-state index in [-0.39, 0.29) is 33.3 Å². The molecule has 0 fully saturated rings. The van der Waals surface area contributed by atoms with E-state index >= 15 is 0 Å². The maximum atomic E-state index is 11.3. The van der Waals surface area contributed by atoms with Gasteiger partial charge in [0.15, 0.2) is 5.52 Å². The van der Waals surface area contributed by atoms with Crippen LogP contribution in [0.2, 0.25) is 0 Å². The zero-order valence-corrected chi connectivity index (χ0v) is 21.2. The number of hydrogen-bond acceptors (Lipinski definition) is 9. The molecule has 0 atom stereocenters. The third kappa shape index (κ3) is 6.02. The predicted molar refractivity (Wildman–Crippen MR) is 127 cm³/mol. The van der Waals surface area contributed by atoms with Crippen molar-refractivity contribution in [3.05, 3.63) is 75.3 Å². The number of nitro groups is 2. The van der Waals surface area contributed by atoms with Gasteiger partial charge in [-0.1, -0.05) is 11.3 Å². The molecule has 0 bridgehead atoms. The van der Waals surface area contributed by atoms with Gasteiger partial charge in [0.05, 0.1) is 39.9 Å². The average Bonchev–Trinajstić information content (AvgIpc) is 3.43. The third-order valence-electron chi connectivity index (χ3n) is 5.16. The van der Waals surface area contributed by atoms with Crippen LogP contribution in [0, 0.1) is 20.2 Å². The quantitative estimate of drug-likeness (QED) is 0.132. The number of halogens is 1. The largest absolute Gasteiger partial charge is 1.00 e. The molecule has 182 valence electrons. The van der Waals surface area contributed by atoms with E-state index in [0.717, 1.165) is 42.7 Å². The lowest BCUT2D eigenvalue weighted by atomic mass is 10.2. The van der Waals surface area contributed by atoms with Gasteiger partial charge < -0.3 is 21.9 Å². The van der Waals surface area contributed by atoms with Gasteiger partial charge in [-0.15, -0.1) is 10.2 Å². The molecule has 0 aliphatic heterocycles. The van der Waals surface area contributed by atoms with Crippen LogP contribution in [0.1, 0.15) is 6.92 Å². The number of nitro benzene ring substituents is 2. The third-order valence-corrected chi connectivity index (χ3v) is 6.04. The topological polar surface area (TPSA) is 136 Å². The highest BCUT2D eigenvalue weighted by Gasteiger charge is 2.22. The Balaban J connectivity index is 0.00000342. The molecule has 12 nitrogen and oxygen atoms in total. The first kappa shape index (κ1) is 25.8. The summed E-state index contributed by atoms with van der Waals surface area (Å²) in [6.45, 7) is 4.66. The van der Waals surface area contributed by atoms with E-state index in [2.05, 4.69) is 31.6 Å². The Morgan fingerprint density at radius 2 is 1.89 bits per heavy atom. The van der Waals surface area contributed by atoms with E-state index in [4.69, 9.17) is 0 Å². The average molecular weight is 561 g/mol. The molecule has 2 heterocycles. The van der Waals surface area contributed by atoms with Crippen LogP contribution in [0.5, 0.6) is 0 Å². The summed E-state index contributed by atoms with van der Waals surface area (Å²) in [7, 11) is 1.99. The summed E-state index contributed by atoms with van der Waals surface area (Å²) in [6.07, 6.45) is 6.07. The molecule has 0 N–H and O–H groups in total. The van der Waals surface area contributed by atoms with E-state index in [1.807, 2.05) is 54.6 Å². The lowest BCUT2D eigenvalue weighted by Gasteiger charge is -2.22. The number of rotatable bonds is 9. The Hall–Kier alpha value is -3.78. The van der Waals surface area contributed by atoms with Crippen molar-refractivity contribution in [3.63, 3.8) is 0 Å². The summed E-state index contributed by atoms with van der Waals surface area (Å²) in [5.74, 6) is 0. The van der Waals surface area contributed by atoms with Crippen LogP contribution < -0.4 is 26.4 Å². The molecule has 4 rings (SSSR count). The van der Waals surface area contributed by atoms with Gasteiger partial charge in [-0.2, -0.15) is 0 Å². The van der Waals surface area contributed by atoms with Crippen molar-refractivity contribution in [1.29, 1.82) is 0 Å². The fourth-order valence-electron chi connectivity index (χ4n) is 3.44. The predicted octanol–water partition coefficient (Wildman–Crippen LogP) is 1.68. The first-order chi connectivity index (χ1) is 16.3. The van der Waals surface area contributed by atoms with Gasteiger partial charge >= 0.3 is 5.69 Å². The summed E-state index contributed by atoms with van der Waals surface area (Å²) in [6, 6.07) is 9.73. The van der Waals surface area contributed by atoms with Crippen molar-refractivity contribution in [1.82, 2.24) is 9.55 Å². The first-order valence-corrected chi connectivity index (χ1v) is 11.2. The monoisotopic (exact) mass is 560 g/mol. The van der Waals surface area contributed by atoms with Crippen LogP contribution in [-0.2, 0) is 13.6 Å². The normalized spacial score (nSPS) is 11.0. The highest BCUT2D eigenvalue weighted by molar-refractivity contribution is 7.22. The molecule has 0 radical (unpaired) electrons. The molecular formula is C21H21BrN8O4S. The zero-order chi connectivity index (χ0) is 24.2. The maximum Gasteiger partial charge on any atom is 0.303 e. The summed E-state index contributed by atoms with van der Waals surface area (Å²) >= 11 is 1.00. The molecule has 2 aromatic heterocycles. The minimum Gasteiger partial charge on any atom is -1.00 e. The summed E-state index contributed by atoms with van der Waals surface area (Å²) in [5.41, 5.74) is 0.908. The highest BCUT2D eigenvalue weighted by atomic mass is 79.9. The molecular weight excluding hydrogens is 540 g/mol. The fourth-order valence-corrected chi connectivity index (χ4v) is 4.29. The second-order valence-corrected chi connectivity index (χ2v) is 8.44. The van der Waals surface area contributed by atoms with Crippen LogP contribution in [0.25, 0.3) is 10.2 Å². The van der Waals surface area contributed by atoms with E-state index in [0.29, 0.717) is 10.4 Å². The summed E-state index contributed by atoms with van der Waals surface area (Å²) in [5, 5.41) is 30.8. The number of fused-ring (bicyclic) bond motifs is 1. The van der Waals surface area contributed by atoms with Gasteiger partial charge in [0.2, 0.25) is 11.5 Å². The van der Waals surface area contributed by atoms with Crippen molar-refractivity contribution in [2.45, 2.75) is 13.5 Å². The number of hydrogen-bond donors (Lipinski definition) is 0. The smallest absolute Gasteiger partial charge is 0.303 e. The second-order valence-electron chi connectivity index (χ2n) is 7.44. The van der Waals surface area contributed by atoms with E-state index in [9.17, 15) is 20.2 Å². The van der Waals surface area contributed by atoms with Crippen molar-refractivity contribution in [2.75, 3.05) is 18.0 Å². The molecule has 0 aliphatic rings. The van der Waals surface area contributed by atoms with Crippen molar-refractivity contribution < 1.29 is 31.4 Å². The lowest BCUT2D eigenvalue weighted by molar-refractivity contribution is -0.671. The molecule has 0 spiro atoms. The minimum atomic E-state index is -0.690. The number of non-ortho nitro benzene ring substituents is 2. The van der Waals surface area contributed by atoms with Gasteiger partial charge in [-0.25, -0.2) is 14.1 Å². The molecule has 35 heavy (non-hydrogen) atoms. The van der Waals surface area contributed by atoms with Crippen LogP contribution >= 0.6 is 11.3 Å². The van der Waals surface area contributed by atoms with Gasteiger partial charge in [-0.05, 0) is 31.2 Å². The molecule has 0 aliphatic carbocycles. The number of aromatic nitrogens is 3. The summed E-state index contributed by atoms with van der Waals surface area (Å²) < 4.78 is 4.43. The van der Waals surface area contributed by atoms with Crippen LogP contribution in [0.4, 0.5) is 27.9 Å². The van der Waals surface area contributed by atoms with E-state index < -0.39 is 15.5 Å². The molecule has 0 unspecified atom stereocenters. The number of likely N-dealkylation sites (N-methyl/N-ethyl adjacent to an activating group) is 1. The van der Waals surface area contributed by atoms with Gasteiger partial charge in [0.25, 0.3) is 5.69 Å². The molecule has 4 aromatic rings. The minimum absolute atomic E-state index is 0. The number of anilines is 1. The molecule has 0 saturated heterocycles. The Morgan fingerprint density at radius 3 is 2.49 bits per heavy atom. The second kappa shape index (κ2) is 11.1. The van der Waals surface area contributed by atoms with Crippen molar-refractivity contribution in [3.8, 4) is 0 Å². The van der Waals surface area contributed by atoms with Crippen molar-refractivity contribution >= 4 is 49.4 Å². The first-order valence-electron chi connectivity index (χ1n) is 10.3. The fraction of sp³-hybridized carbons (Fsp3) is 0.238. The summed E-state index contributed by atoms with van der Waals surface area (Å²) in [4.78, 5) is 27.4. The number of nitrogens with zero attached hydrogens (tertiary/aromatic N) is 8. The Kier molecular flexibility index (Phi) is 8.19. The number of thiazole rings is 1. The lowest BCUT2D eigenvalue weighted by Crippen LogP contribution is -3.00. The van der Waals surface area contributed by atoms with Gasteiger partial charge in [-0.3, -0.25) is 20.2 Å². The molecule has 0 saturated carbocycles. The number of benzene rings is 2. The maximum absolute atomic E-state index is 11.3. The molecule has 2 aromatic carbocycles. The Morgan fingerprint density at radius 1 is 1.14 bits per heavy atom. The highest BCUT2D eigenvalue weighted by Crippen LogP contribution is 2.37. The SMILES string of the molecule is CCN(CCn1cc[n+](C)c1)c1ccc(N=Nc2nc3c([N+](=O)[O-])cc([N+](=O)[O-])cc3s2)cc1.[Br-]. The number of azo groups is 1. The van der Waals surface area contributed by atoms with Crippen LogP contribution in [-0.4, -0.2) is 32.5 Å². The molecule has 14 heteroatoms. The van der Waals surface area contributed by atoms with Crippen molar-refractivity contribution in [2.24, 2.45) is 17.3 Å². The number of aryl methyl sites for hydroxylation is 1. The number of imidazole rings is 1. The Bertz CT molecular complexity index is 1390. The van der Waals surface area contributed by atoms with Crippen LogP contribution in [0.15, 0.2) is 65.3 Å². The van der Waals surface area contributed by atoms with E-state index in [1.165, 1.54) is 6.07 Å². The zero-order valence-electron chi connectivity index (χ0n) is 18.8. The molecule has 0 amide bonds. The van der Waals surface area contributed by atoms with Crippen LogP contribution in [0.3, 0.4) is 0 Å². The Labute approximate surface area is 214 Å². The standard InChI is InChI=1S/C21H21N8O4S.BrH/c1-3-27(11-10-26-9-8-25(2)14-26)16-6-4-15(5-7-16)23-24-21-22-20-18(29(32)33)12-17(28(30)31)13-19(20)34-21;/h4-9,12-14H,3,10-11H2,1-2H3;1H/q+1;/p-1.